The van der Waals surface area contributed by atoms with Crippen LogP contribution in [0.3, 0.4) is 0 Å². The van der Waals surface area contributed by atoms with E-state index in [0.717, 1.165) is 33.1 Å². The van der Waals surface area contributed by atoms with Crippen molar-refractivity contribution in [1.82, 2.24) is 35.2 Å². The summed E-state index contributed by atoms with van der Waals surface area (Å²) >= 11 is 0. The molecular weight excluding hydrogens is 292 g/mol. The Kier molecular flexibility index (Phi) is 2.34. The lowest BCUT2D eigenvalue weighted by molar-refractivity contribution is 0.824. The Morgan fingerprint density at radius 3 is 3.13 bits per heavy atom. The molecule has 4 aromatic heterocycles. The van der Waals surface area contributed by atoms with E-state index in [4.69, 9.17) is 0 Å². The zero-order valence-electron chi connectivity index (χ0n) is 11.8. The van der Waals surface area contributed by atoms with Crippen molar-refractivity contribution in [3.63, 3.8) is 0 Å². The molecule has 0 radical (unpaired) electrons. The molecule has 0 saturated carbocycles. The number of pyridine rings is 2. The highest BCUT2D eigenvalue weighted by Crippen LogP contribution is 2.26. The summed E-state index contributed by atoms with van der Waals surface area (Å²) in [6, 6.07) is 11.8. The van der Waals surface area contributed by atoms with Gasteiger partial charge in [0.15, 0.2) is 11.5 Å². The van der Waals surface area contributed by atoms with Crippen LogP contribution in [0.4, 0.5) is 11.5 Å². The molecule has 0 aliphatic rings. The van der Waals surface area contributed by atoms with Crippen molar-refractivity contribution < 1.29 is 0 Å². The number of tetrazole rings is 1. The molecule has 0 atom stereocenters. The average Bonchev–Trinajstić information content (AvgIpc) is 3.22. The molecule has 0 spiro atoms. The predicted molar refractivity (Wildman–Crippen MR) is 85.5 cm³/mol. The van der Waals surface area contributed by atoms with E-state index in [2.05, 4.69) is 36.0 Å². The van der Waals surface area contributed by atoms with Crippen molar-refractivity contribution in [2.45, 2.75) is 0 Å². The fraction of sp³-hybridized carbons (Fsp3) is 0. The summed E-state index contributed by atoms with van der Waals surface area (Å²) in [5, 5.41) is 24.2. The molecule has 110 valence electrons. The van der Waals surface area contributed by atoms with Crippen LogP contribution < -0.4 is 5.32 Å². The Balaban J connectivity index is 1.61. The maximum atomic E-state index is 4.35. The monoisotopic (exact) mass is 302 g/mol. The fourth-order valence-electron chi connectivity index (χ4n) is 2.68. The second-order valence-corrected chi connectivity index (χ2v) is 5.16. The summed E-state index contributed by atoms with van der Waals surface area (Å²) < 4.78 is 1.65. The number of aromatic nitrogens is 7. The van der Waals surface area contributed by atoms with Gasteiger partial charge in [-0.3, -0.25) is 10.1 Å². The first-order chi connectivity index (χ1) is 11.4. The Bertz CT molecular complexity index is 1160. The van der Waals surface area contributed by atoms with Gasteiger partial charge in [0.05, 0.1) is 5.52 Å². The van der Waals surface area contributed by atoms with Crippen LogP contribution in [-0.4, -0.2) is 35.2 Å². The van der Waals surface area contributed by atoms with E-state index in [-0.39, 0.29) is 0 Å². The van der Waals surface area contributed by atoms with Gasteiger partial charge in [0.2, 0.25) is 0 Å². The van der Waals surface area contributed by atoms with E-state index >= 15 is 0 Å². The zero-order valence-corrected chi connectivity index (χ0v) is 11.8. The first kappa shape index (κ1) is 12.0. The number of hydrogen-bond donors (Lipinski definition) is 2. The van der Waals surface area contributed by atoms with Crippen LogP contribution in [0, 0.1) is 0 Å². The lowest BCUT2D eigenvalue weighted by Crippen LogP contribution is -1.93. The number of benzene rings is 1. The third kappa shape index (κ3) is 1.81. The van der Waals surface area contributed by atoms with Gasteiger partial charge >= 0.3 is 0 Å². The molecule has 0 fully saturated rings. The zero-order chi connectivity index (χ0) is 15.2. The van der Waals surface area contributed by atoms with Gasteiger partial charge in [-0.2, -0.15) is 5.10 Å². The second kappa shape index (κ2) is 4.47. The third-order valence-corrected chi connectivity index (χ3v) is 3.76. The Labute approximate surface area is 129 Å². The van der Waals surface area contributed by atoms with Crippen LogP contribution in [-0.2, 0) is 0 Å². The number of rotatable bonds is 2. The lowest BCUT2D eigenvalue weighted by atomic mass is 10.1. The SMILES string of the molecule is c1cnc2c(Nc3ccc4c(ccn5nnnc45)c3)n[nH]c2c1. The van der Waals surface area contributed by atoms with Crippen LogP contribution >= 0.6 is 0 Å². The first-order valence-electron chi connectivity index (χ1n) is 7.05. The Hall–Kier alpha value is -3.55. The highest BCUT2D eigenvalue weighted by molar-refractivity contribution is 5.96. The number of fused-ring (bicyclic) bond motifs is 4. The summed E-state index contributed by atoms with van der Waals surface area (Å²) in [6.07, 6.45) is 3.59. The Morgan fingerprint density at radius 2 is 2.13 bits per heavy atom. The number of H-pyrrole nitrogens is 1. The molecule has 8 nitrogen and oxygen atoms in total. The van der Waals surface area contributed by atoms with Crippen molar-refractivity contribution in [1.29, 1.82) is 0 Å². The molecule has 2 N–H and O–H groups in total. The summed E-state index contributed by atoms with van der Waals surface area (Å²) in [5.41, 5.74) is 3.37. The van der Waals surface area contributed by atoms with Crippen molar-refractivity contribution in [2.24, 2.45) is 0 Å². The van der Waals surface area contributed by atoms with E-state index in [9.17, 15) is 0 Å². The summed E-state index contributed by atoms with van der Waals surface area (Å²) in [7, 11) is 0. The van der Waals surface area contributed by atoms with Gasteiger partial charge in [0.1, 0.15) is 5.52 Å². The quantitative estimate of drug-likeness (QED) is 0.519. The second-order valence-electron chi connectivity index (χ2n) is 5.16. The largest absolute Gasteiger partial charge is 0.337 e. The molecule has 0 amide bonds. The van der Waals surface area contributed by atoms with Crippen LogP contribution in [0.5, 0.6) is 0 Å². The van der Waals surface area contributed by atoms with Gasteiger partial charge < -0.3 is 5.32 Å². The molecule has 0 unspecified atom stereocenters. The smallest absolute Gasteiger partial charge is 0.186 e. The minimum Gasteiger partial charge on any atom is -0.337 e. The van der Waals surface area contributed by atoms with E-state index < -0.39 is 0 Å². The number of hydrogen-bond acceptors (Lipinski definition) is 6. The minimum atomic E-state index is 0.699. The van der Waals surface area contributed by atoms with Crippen molar-refractivity contribution >= 4 is 39.0 Å². The molecule has 4 heterocycles. The van der Waals surface area contributed by atoms with Crippen molar-refractivity contribution in [2.75, 3.05) is 5.32 Å². The Morgan fingerprint density at radius 1 is 1.13 bits per heavy atom. The van der Waals surface area contributed by atoms with Crippen LogP contribution in [0.15, 0.2) is 48.8 Å². The van der Waals surface area contributed by atoms with E-state index in [1.54, 1.807) is 10.7 Å². The molecule has 0 aliphatic heterocycles. The molecular formula is C15H10N8. The van der Waals surface area contributed by atoms with E-state index in [0.29, 0.717) is 5.82 Å². The molecule has 5 aromatic rings. The van der Waals surface area contributed by atoms with Crippen molar-refractivity contribution in [3.05, 3.63) is 48.8 Å². The van der Waals surface area contributed by atoms with Gasteiger partial charge in [-0.25, -0.2) is 4.52 Å². The molecule has 23 heavy (non-hydrogen) atoms. The highest BCUT2D eigenvalue weighted by Gasteiger charge is 2.08. The third-order valence-electron chi connectivity index (χ3n) is 3.76. The van der Waals surface area contributed by atoms with Gasteiger partial charge in [0.25, 0.3) is 0 Å². The number of nitrogens with zero attached hydrogens (tertiary/aromatic N) is 6. The molecule has 8 heteroatoms. The summed E-state index contributed by atoms with van der Waals surface area (Å²) in [4.78, 5) is 4.35. The average molecular weight is 302 g/mol. The maximum absolute atomic E-state index is 4.35. The topological polar surface area (TPSA) is 96.7 Å². The lowest BCUT2D eigenvalue weighted by Gasteiger charge is -2.05. The van der Waals surface area contributed by atoms with Gasteiger partial charge in [-0.1, -0.05) is 0 Å². The van der Waals surface area contributed by atoms with E-state index in [1.807, 2.05) is 42.6 Å². The number of nitrogens with one attached hydrogen (secondary N) is 2. The summed E-state index contributed by atoms with van der Waals surface area (Å²) in [5.74, 6) is 0.699. The van der Waals surface area contributed by atoms with Crippen molar-refractivity contribution in [3.8, 4) is 0 Å². The van der Waals surface area contributed by atoms with Crippen LogP contribution in [0.2, 0.25) is 0 Å². The van der Waals surface area contributed by atoms with Gasteiger partial charge in [0, 0.05) is 23.5 Å². The normalized spacial score (nSPS) is 11.5. The minimum absolute atomic E-state index is 0.699. The number of aromatic amines is 1. The standard InChI is InChI=1S/C15H10N8/c1-2-12-13(16-6-1)14(19-18-12)17-10-3-4-11-9(8-10)5-7-23-15(11)20-21-22-23/h1-8H,(H2,17,18,19). The number of anilines is 2. The molecule has 1 aromatic carbocycles. The first-order valence-corrected chi connectivity index (χ1v) is 7.05. The molecule has 0 bridgehead atoms. The predicted octanol–water partition coefficient (Wildman–Crippen LogP) is 2.29. The summed E-state index contributed by atoms with van der Waals surface area (Å²) in [6.45, 7) is 0. The molecule has 0 saturated heterocycles. The molecule has 5 rings (SSSR count). The molecule has 0 aliphatic carbocycles. The van der Waals surface area contributed by atoms with Crippen LogP contribution in [0.1, 0.15) is 0 Å². The fourth-order valence-corrected chi connectivity index (χ4v) is 2.68. The maximum Gasteiger partial charge on any atom is 0.186 e. The van der Waals surface area contributed by atoms with E-state index in [1.165, 1.54) is 0 Å². The van der Waals surface area contributed by atoms with Crippen LogP contribution in [0.25, 0.3) is 27.5 Å². The van der Waals surface area contributed by atoms with Gasteiger partial charge in [-0.15, -0.1) is 5.10 Å². The van der Waals surface area contributed by atoms with Gasteiger partial charge in [-0.05, 0) is 52.2 Å². The highest BCUT2D eigenvalue weighted by atomic mass is 15.5.